The Bertz CT molecular complexity index is 2200. The standard InChI is InChI=1S/C36H31N3O7S/c1-4-44-27-17-12-25(13-18-27)33-32(35(41)45-5-2)22(3)37-36-38(33)34(40)31(47-36)20-29-28-9-7-6-8-24(28)14-19-30(29)46-21-23-10-15-26(16-11-23)39(42)43/h6-20,33H,4-5,21H2,1-3H3/b31-20-/t33-/m1/s1. The van der Waals surface area contributed by atoms with Gasteiger partial charge in [-0.15, -0.1) is 0 Å². The molecule has 6 rings (SSSR count). The van der Waals surface area contributed by atoms with Crippen LogP contribution >= 0.6 is 11.3 Å². The lowest BCUT2D eigenvalue weighted by Gasteiger charge is -2.24. The Hall–Kier alpha value is -5.55. The Labute approximate surface area is 273 Å². The molecule has 10 nitrogen and oxygen atoms in total. The number of benzene rings is 4. The number of carbonyl (C=O) groups excluding carboxylic acids is 1. The highest BCUT2D eigenvalue weighted by Gasteiger charge is 2.33. The van der Waals surface area contributed by atoms with Gasteiger partial charge in [0.1, 0.15) is 18.1 Å². The molecule has 11 heteroatoms. The molecule has 0 aliphatic carbocycles. The SMILES string of the molecule is CCOC(=O)C1=C(C)N=c2s/c(=C\c3c(OCc4ccc([N+](=O)[O-])cc4)ccc4ccccc34)c(=O)n2[C@@H]1c1ccc(OCC)cc1. The van der Waals surface area contributed by atoms with E-state index >= 15 is 0 Å². The number of rotatable bonds is 10. The molecule has 0 unspecified atom stereocenters. The van der Waals surface area contributed by atoms with E-state index in [-0.39, 0.29) is 24.5 Å². The van der Waals surface area contributed by atoms with Gasteiger partial charge in [0, 0.05) is 17.7 Å². The lowest BCUT2D eigenvalue weighted by molar-refractivity contribution is -0.384. The van der Waals surface area contributed by atoms with Gasteiger partial charge in [-0.05, 0) is 79.1 Å². The van der Waals surface area contributed by atoms with Crippen molar-refractivity contribution in [3.8, 4) is 11.5 Å². The number of ether oxygens (including phenoxy) is 3. The van der Waals surface area contributed by atoms with Crippen LogP contribution in [-0.2, 0) is 16.1 Å². The number of hydrogen-bond acceptors (Lipinski definition) is 9. The van der Waals surface area contributed by atoms with E-state index in [0.29, 0.717) is 44.3 Å². The topological polar surface area (TPSA) is 122 Å². The van der Waals surface area contributed by atoms with Crippen LogP contribution in [0.4, 0.5) is 5.69 Å². The number of aromatic nitrogens is 1. The summed E-state index contributed by atoms with van der Waals surface area (Å²) in [6, 6.07) is 24.4. The van der Waals surface area contributed by atoms with E-state index in [1.807, 2.05) is 67.6 Å². The van der Waals surface area contributed by atoms with Crippen LogP contribution in [0.2, 0.25) is 0 Å². The summed E-state index contributed by atoms with van der Waals surface area (Å²) in [5.41, 5.74) is 2.65. The van der Waals surface area contributed by atoms with Gasteiger partial charge in [-0.25, -0.2) is 9.79 Å². The number of nitro benzene ring substituents is 1. The maximum atomic E-state index is 14.3. The molecule has 1 aliphatic rings. The molecule has 1 atom stereocenters. The molecular weight excluding hydrogens is 618 g/mol. The van der Waals surface area contributed by atoms with Gasteiger partial charge in [-0.3, -0.25) is 19.5 Å². The fourth-order valence-corrected chi connectivity index (χ4v) is 6.60. The summed E-state index contributed by atoms with van der Waals surface area (Å²) in [4.78, 5) is 43.4. The molecular formula is C36H31N3O7S. The maximum Gasteiger partial charge on any atom is 0.338 e. The minimum atomic E-state index is -0.756. The molecule has 0 radical (unpaired) electrons. The predicted octanol–water partition coefficient (Wildman–Crippen LogP) is 5.84. The van der Waals surface area contributed by atoms with Crippen LogP contribution in [0.5, 0.6) is 11.5 Å². The van der Waals surface area contributed by atoms with Gasteiger partial charge in [-0.1, -0.05) is 53.8 Å². The number of esters is 1. The smallest absolute Gasteiger partial charge is 0.338 e. The normalized spacial score (nSPS) is 14.4. The van der Waals surface area contributed by atoms with E-state index in [2.05, 4.69) is 0 Å². The van der Waals surface area contributed by atoms with Crippen molar-refractivity contribution in [2.45, 2.75) is 33.4 Å². The first kappa shape index (κ1) is 31.4. The summed E-state index contributed by atoms with van der Waals surface area (Å²) in [6.07, 6.45) is 1.80. The zero-order valence-electron chi connectivity index (χ0n) is 26.0. The van der Waals surface area contributed by atoms with Crippen molar-refractivity contribution >= 4 is 39.8 Å². The Balaban J connectivity index is 1.48. The van der Waals surface area contributed by atoms with Crippen molar-refractivity contribution in [2.75, 3.05) is 13.2 Å². The third kappa shape index (κ3) is 6.30. The van der Waals surface area contributed by atoms with Crippen molar-refractivity contribution in [3.63, 3.8) is 0 Å². The lowest BCUT2D eigenvalue weighted by atomic mass is 9.96. The van der Waals surface area contributed by atoms with Crippen molar-refractivity contribution in [3.05, 3.63) is 143 Å². The van der Waals surface area contributed by atoms with Gasteiger partial charge in [0.2, 0.25) is 0 Å². The third-order valence-corrected chi connectivity index (χ3v) is 8.75. The van der Waals surface area contributed by atoms with Crippen LogP contribution in [0.3, 0.4) is 0 Å². The number of non-ortho nitro benzene ring substituents is 1. The Kier molecular flexibility index (Phi) is 8.99. The summed E-state index contributed by atoms with van der Waals surface area (Å²) in [5.74, 6) is 0.691. The number of nitro groups is 1. The second kappa shape index (κ2) is 13.4. The first-order chi connectivity index (χ1) is 22.8. The summed E-state index contributed by atoms with van der Waals surface area (Å²) in [5, 5.41) is 12.9. The zero-order valence-corrected chi connectivity index (χ0v) is 26.8. The Morgan fingerprint density at radius 3 is 2.43 bits per heavy atom. The van der Waals surface area contributed by atoms with Gasteiger partial charge >= 0.3 is 5.97 Å². The highest BCUT2D eigenvalue weighted by Crippen LogP contribution is 2.33. The molecule has 0 N–H and O–H groups in total. The molecule has 47 heavy (non-hydrogen) atoms. The van der Waals surface area contributed by atoms with Crippen LogP contribution in [0.1, 0.15) is 43.5 Å². The van der Waals surface area contributed by atoms with Crippen LogP contribution < -0.4 is 24.4 Å². The second-order valence-electron chi connectivity index (χ2n) is 10.7. The Morgan fingerprint density at radius 2 is 1.72 bits per heavy atom. The van der Waals surface area contributed by atoms with Crippen LogP contribution in [0.15, 0.2) is 106 Å². The molecule has 1 aliphatic heterocycles. The molecule has 0 amide bonds. The quantitative estimate of drug-likeness (QED) is 0.106. The summed E-state index contributed by atoms with van der Waals surface area (Å²) < 4.78 is 19.3. The number of allylic oxidation sites excluding steroid dienone is 1. The van der Waals surface area contributed by atoms with Gasteiger partial charge in [0.05, 0.1) is 40.0 Å². The molecule has 4 aromatic carbocycles. The molecule has 0 bridgehead atoms. The van der Waals surface area contributed by atoms with Crippen molar-refractivity contribution in [1.82, 2.24) is 4.57 Å². The number of thiazole rings is 1. The molecule has 0 spiro atoms. The third-order valence-electron chi connectivity index (χ3n) is 7.77. The van der Waals surface area contributed by atoms with E-state index in [1.165, 1.54) is 23.5 Å². The number of nitrogens with zero attached hydrogens (tertiary/aromatic N) is 3. The van der Waals surface area contributed by atoms with E-state index in [9.17, 15) is 19.7 Å². The van der Waals surface area contributed by atoms with Gasteiger partial charge in [0.15, 0.2) is 4.80 Å². The molecule has 0 saturated heterocycles. The minimum Gasteiger partial charge on any atom is -0.494 e. The first-order valence-corrected chi connectivity index (χ1v) is 15.9. The molecule has 1 aromatic heterocycles. The van der Waals surface area contributed by atoms with Gasteiger partial charge in [-0.2, -0.15) is 0 Å². The van der Waals surface area contributed by atoms with Crippen molar-refractivity contribution in [1.29, 1.82) is 0 Å². The van der Waals surface area contributed by atoms with Gasteiger partial charge < -0.3 is 14.2 Å². The van der Waals surface area contributed by atoms with Crippen LogP contribution in [-0.4, -0.2) is 28.7 Å². The highest BCUT2D eigenvalue weighted by atomic mass is 32.1. The fourth-order valence-electron chi connectivity index (χ4n) is 5.58. The van der Waals surface area contributed by atoms with Crippen LogP contribution in [0.25, 0.3) is 16.8 Å². The average Bonchev–Trinajstić information content (AvgIpc) is 3.38. The maximum absolute atomic E-state index is 14.3. The zero-order chi connectivity index (χ0) is 33.1. The Morgan fingerprint density at radius 1 is 0.979 bits per heavy atom. The predicted molar refractivity (Wildman–Crippen MR) is 179 cm³/mol. The van der Waals surface area contributed by atoms with Crippen LogP contribution in [0, 0.1) is 10.1 Å². The van der Waals surface area contributed by atoms with Crippen molar-refractivity contribution in [2.24, 2.45) is 4.99 Å². The largest absolute Gasteiger partial charge is 0.494 e. The summed E-state index contributed by atoms with van der Waals surface area (Å²) in [7, 11) is 0. The monoisotopic (exact) mass is 649 g/mol. The number of fused-ring (bicyclic) bond motifs is 2. The summed E-state index contributed by atoms with van der Waals surface area (Å²) in [6.45, 7) is 6.24. The minimum absolute atomic E-state index is 0.000380. The molecule has 238 valence electrons. The van der Waals surface area contributed by atoms with E-state index in [4.69, 9.17) is 19.2 Å². The van der Waals surface area contributed by atoms with Gasteiger partial charge in [0.25, 0.3) is 11.2 Å². The summed E-state index contributed by atoms with van der Waals surface area (Å²) >= 11 is 1.23. The van der Waals surface area contributed by atoms with E-state index < -0.39 is 16.9 Å². The average molecular weight is 650 g/mol. The fraction of sp³-hybridized carbons (Fsp3) is 0.194. The highest BCUT2D eigenvalue weighted by molar-refractivity contribution is 7.07. The molecule has 0 saturated carbocycles. The molecule has 2 heterocycles. The second-order valence-corrected chi connectivity index (χ2v) is 11.7. The van der Waals surface area contributed by atoms with Crippen molar-refractivity contribution < 1.29 is 23.9 Å². The number of hydrogen-bond donors (Lipinski definition) is 0. The first-order valence-electron chi connectivity index (χ1n) is 15.1. The lowest BCUT2D eigenvalue weighted by Crippen LogP contribution is -2.39. The number of carbonyl (C=O) groups is 1. The van der Waals surface area contributed by atoms with E-state index in [1.54, 1.807) is 36.6 Å². The molecule has 0 fully saturated rings. The molecule has 5 aromatic rings. The van der Waals surface area contributed by atoms with E-state index in [0.717, 1.165) is 21.9 Å².